The van der Waals surface area contributed by atoms with Gasteiger partial charge in [-0.05, 0) is 12.1 Å². The number of carbonyl (C=O) groups excluding carboxylic acids is 1. The second-order valence-electron chi connectivity index (χ2n) is 3.10. The molecule has 0 bridgehead atoms. The third-order valence-electron chi connectivity index (χ3n) is 1.69. The molecule has 88 valence electrons. The Morgan fingerprint density at radius 3 is 2.62 bits per heavy atom. The summed E-state index contributed by atoms with van der Waals surface area (Å²) in [5.41, 5.74) is 6.01. The molecule has 0 atom stereocenters. The first kappa shape index (κ1) is 12.4. The van der Waals surface area contributed by atoms with Crippen LogP contribution < -0.4 is 16.2 Å². The van der Waals surface area contributed by atoms with Gasteiger partial charge >= 0.3 is 0 Å². The number of nitrogen functional groups attached to an aromatic ring is 1. The summed E-state index contributed by atoms with van der Waals surface area (Å²) >= 11 is 0. The Hall–Kier alpha value is -1.67. The molecule has 0 fully saturated rings. The van der Waals surface area contributed by atoms with Gasteiger partial charge in [-0.15, -0.1) is 0 Å². The zero-order chi connectivity index (χ0) is 12.2. The summed E-state index contributed by atoms with van der Waals surface area (Å²) in [5, 5.41) is 7.14. The van der Waals surface area contributed by atoms with Crippen molar-refractivity contribution < 1.29 is 13.2 Å². The number of carbonyl (C=O) groups is 1. The predicted octanol–water partition coefficient (Wildman–Crippen LogP) is -1.32. The summed E-state index contributed by atoms with van der Waals surface area (Å²) in [6.07, 6.45) is 1.34. The lowest BCUT2D eigenvalue weighted by Gasteiger charge is -2.03. The van der Waals surface area contributed by atoms with Gasteiger partial charge in [0, 0.05) is 6.54 Å². The van der Waals surface area contributed by atoms with Crippen molar-refractivity contribution in [2.45, 2.75) is 0 Å². The first-order valence-corrected chi connectivity index (χ1v) is 6.10. The molecule has 1 aromatic rings. The topological polar surface area (TPSA) is 128 Å². The number of rotatable bonds is 4. The van der Waals surface area contributed by atoms with Crippen molar-refractivity contribution in [3.05, 3.63) is 24.0 Å². The number of pyridine rings is 1. The van der Waals surface area contributed by atoms with Gasteiger partial charge in [-0.3, -0.25) is 4.79 Å². The SMILES string of the molecule is Nc1ccc(C(=O)NCCS(N)(=O)=O)nc1. The third-order valence-corrected chi connectivity index (χ3v) is 2.46. The molecule has 0 spiro atoms. The van der Waals surface area contributed by atoms with Crippen LogP contribution in [0, 0.1) is 0 Å². The lowest BCUT2D eigenvalue weighted by atomic mass is 10.3. The molecule has 0 aliphatic heterocycles. The van der Waals surface area contributed by atoms with E-state index in [1.807, 2.05) is 0 Å². The average molecular weight is 244 g/mol. The van der Waals surface area contributed by atoms with Crippen LogP contribution >= 0.6 is 0 Å². The number of sulfonamides is 1. The summed E-state index contributed by atoms with van der Waals surface area (Å²) in [4.78, 5) is 15.2. The smallest absolute Gasteiger partial charge is 0.269 e. The average Bonchev–Trinajstić information content (AvgIpc) is 2.16. The van der Waals surface area contributed by atoms with E-state index in [0.29, 0.717) is 5.69 Å². The van der Waals surface area contributed by atoms with Gasteiger partial charge in [-0.1, -0.05) is 0 Å². The Bertz CT molecular complexity index is 469. The van der Waals surface area contributed by atoms with Gasteiger partial charge in [-0.2, -0.15) is 0 Å². The maximum atomic E-state index is 11.4. The second-order valence-corrected chi connectivity index (χ2v) is 4.83. The Labute approximate surface area is 92.9 Å². The summed E-state index contributed by atoms with van der Waals surface area (Å²) in [6.45, 7) is -0.0519. The Morgan fingerprint density at radius 1 is 1.44 bits per heavy atom. The highest BCUT2D eigenvalue weighted by molar-refractivity contribution is 7.89. The number of primary sulfonamides is 1. The first-order chi connectivity index (χ1) is 7.38. The Kier molecular flexibility index (Phi) is 3.80. The minimum atomic E-state index is -3.56. The van der Waals surface area contributed by atoms with Gasteiger partial charge < -0.3 is 11.1 Å². The first-order valence-electron chi connectivity index (χ1n) is 4.39. The van der Waals surface area contributed by atoms with E-state index in [1.165, 1.54) is 18.3 Å². The van der Waals surface area contributed by atoms with Gasteiger partial charge in [0.1, 0.15) is 5.69 Å². The summed E-state index contributed by atoms with van der Waals surface area (Å²) < 4.78 is 21.2. The van der Waals surface area contributed by atoms with Gasteiger partial charge in [0.05, 0.1) is 17.6 Å². The van der Waals surface area contributed by atoms with Gasteiger partial charge in [0.15, 0.2) is 0 Å². The summed E-state index contributed by atoms with van der Waals surface area (Å²) in [7, 11) is -3.56. The molecule has 1 amide bonds. The number of amides is 1. The van der Waals surface area contributed by atoms with Crippen molar-refractivity contribution in [2.24, 2.45) is 5.14 Å². The molecule has 7 nitrogen and oxygen atoms in total. The van der Waals surface area contributed by atoms with Crippen LogP contribution in [-0.2, 0) is 10.0 Å². The molecule has 8 heteroatoms. The second kappa shape index (κ2) is 4.90. The van der Waals surface area contributed by atoms with Crippen LogP contribution in [-0.4, -0.2) is 31.6 Å². The molecule has 0 unspecified atom stereocenters. The molecular weight excluding hydrogens is 232 g/mol. The van der Waals surface area contributed by atoms with E-state index in [1.54, 1.807) is 0 Å². The number of anilines is 1. The van der Waals surface area contributed by atoms with Crippen molar-refractivity contribution in [1.82, 2.24) is 10.3 Å². The molecule has 1 heterocycles. The van der Waals surface area contributed by atoms with Gasteiger partial charge in [0.25, 0.3) is 5.91 Å². The summed E-state index contributed by atoms with van der Waals surface area (Å²) in [6, 6.07) is 2.98. The van der Waals surface area contributed by atoms with Crippen LogP contribution in [0.15, 0.2) is 18.3 Å². The van der Waals surface area contributed by atoms with E-state index >= 15 is 0 Å². The number of hydrogen-bond donors (Lipinski definition) is 3. The molecule has 0 saturated carbocycles. The van der Waals surface area contributed by atoms with Crippen LogP contribution in [0.1, 0.15) is 10.5 Å². The molecule has 0 aromatic carbocycles. The fourth-order valence-corrected chi connectivity index (χ4v) is 1.32. The molecule has 16 heavy (non-hydrogen) atoms. The molecule has 0 radical (unpaired) electrons. The number of aromatic nitrogens is 1. The maximum Gasteiger partial charge on any atom is 0.269 e. The fraction of sp³-hybridized carbons (Fsp3) is 0.250. The molecule has 5 N–H and O–H groups in total. The van der Waals surface area contributed by atoms with Gasteiger partial charge in [0.2, 0.25) is 10.0 Å². The van der Waals surface area contributed by atoms with E-state index in [0.717, 1.165) is 0 Å². The van der Waals surface area contributed by atoms with E-state index in [4.69, 9.17) is 10.9 Å². The van der Waals surface area contributed by atoms with Crippen molar-refractivity contribution in [3.8, 4) is 0 Å². The number of hydrogen-bond acceptors (Lipinski definition) is 5. The van der Waals surface area contributed by atoms with Crippen LogP contribution in [0.4, 0.5) is 5.69 Å². The van der Waals surface area contributed by atoms with Crippen molar-refractivity contribution in [3.63, 3.8) is 0 Å². The highest BCUT2D eigenvalue weighted by Crippen LogP contribution is 2.00. The van der Waals surface area contributed by atoms with Crippen LogP contribution in [0.5, 0.6) is 0 Å². The standard InChI is InChI=1S/C8H12N4O3S/c9-6-1-2-7(12-5-6)8(13)11-3-4-16(10,14)15/h1-2,5H,3-4,9H2,(H,11,13)(H2,10,14,15). The van der Waals surface area contributed by atoms with Crippen LogP contribution in [0.25, 0.3) is 0 Å². The number of nitrogens with two attached hydrogens (primary N) is 2. The van der Waals surface area contributed by atoms with Crippen molar-refractivity contribution in [1.29, 1.82) is 0 Å². The molecule has 1 rings (SSSR count). The fourth-order valence-electron chi connectivity index (χ4n) is 0.937. The minimum absolute atomic E-state index is 0.0519. The van der Waals surface area contributed by atoms with E-state index < -0.39 is 15.9 Å². The minimum Gasteiger partial charge on any atom is -0.397 e. The maximum absolute atomic E-state index is 11.4. The van der Waals surface area contributed by atoms with Crippen molar-refractivity contribution in [2.75, 3.05) is 18.0 Å². The van der Waals surface area contributed by atoms with E-state index in [9.17, 15) is 13.2 Å². The third kappa shape index (κ3) is 4.24. The molecule has 0 aliphatic carbocycles. The predicted molar refractivity (Wildman–Crippen MR) is 59.0 cm³/mol. The highest BCUT2D eigenvalue weighted by Gasteiger charge is 2.08. The molecule has 0 aliphatic rings. The largest absolute Gasteiger partial charge is 0.397 e. The zero-order valence-electron chi connectivity index (χ0n) is 8.38. The Morgan fingerprint density at radius 2 is 2.12 bits per heavy atom. The molecular formula is C8H12N4O3S. The van der Waals surface area contributed by atoms with Crippen molar-refractivity contribution >= 4 is 21.6 Å². The van der Waals surface area contributed by atoms with Crippen LogP contribution in [0.2, 0.25) is 0 Å². The number of nitrogens with one attached hydrogen (secondary N) is 1. The van der Waals surface area contributed by atoms with Gasteiger partial charge in [-0.25, -0.2) is 18.5 Å². The van der Waals surface area contributed by atoms with E-state index in [-0.39, 0.29) is 18.0 Å². The monoisotopic (exact) mass is 244 g/mol. The highest BCUT2D eigenvalue weighted by atomic mass is 32.2. The normalized spacial score (nSPS) is 11.1. The number of nitrogens with zero attached hydrogens (tertiary/aromatic N) is 1. The lowest BCUT2D eigenvalue weighted by molar-refractivity contribution is 0.0951. The molecule has 0 saturated heterocycles. The van der Waals surface area contributed by atoms with E-state index in [2.05, 4.69) is 10.3 Å². The zero-order valence-corrected chi connectivity index (χ0v) is 9.20. The summed E-state index contributed by atoms with van der Waals surface area (Å²) in [5.74, 6) is -0.781. The molecule has 1 aromatic heterocycles. The quantitative estimate of drug-likeness (QED) is 0.605. The lowest BCUT2D eigenvalue weighted by Crippen LogP contribution is -2.31. The van der Waals surface area contributed by atoms with Crippen LogP contribution in [0.3, 0.4) is 0 Å². The Balaban J connectivity index is 2.50.